The third kappa shape index (κ3) is 2.46. The quantitative estimate of drug-likeness (QED) is 0.676. The molecule has 0 radical (unpaired) electrons. The van der Waals surface area contributed by atoms with Crippen LogP contribution in [0.15, 0.2) is 41.8 Å². The molecule has 1 atom stereocenters. The van der Waals surface area contributed by atoms with Gasteiger partial charge in [-0.1, -0.05) is 24.3 Å². The smallest absolute Gasteiger partial charge is 0.230 e. The number of nitrogens with zero attached hydrogens (tertiary/aromatic N) is 3. The Morgan fingerprint density at radius 1 is 1.12 bits per heavy atom. The molecule has 1 aliphatic heterocycles. The van der Waals surface area contributed by atoms with Crippen LogP contribution in [0.1, 0.15) is 44.5 Å². The van der Waals surface area contributed by atoms with Gasteiger partial charge >= 0.3 is 0 Å². The number of hydrogen-bond acceptors (Lipinski definition) is 5. The number of benzene rings is 1. The topological polar surface area (TPSA) is 46.1 Å². The van der Waals surface area contributed by atoms with E-state index in [0.29, 0.717) is 6.42 Å². The third-order valence-corrected chi connectivity index (χ3v) is 6.41. The Bertz CT molecular complexity index is 996. The Morgan fingerprint density at radius 3 is 2.85 bits per heavy atom. The highest BCUT2D eigenvalue weighted by atomic mass is 32.1. The van der Waals surface area contributed by atoms with Crippen LogP contribution in [0.4, 0.5) is 11.6 Å². The number of carbonyl (C=O) groups is 1. The minimum atomic E-state index is 0.176. The molecule has 0 fully saturated rings. The van der Waals surface area contributed by atoms with Gasteiger partial charge in [-0.05, 0) is 42.8 Å². The first-order valence-electron chi connectivity index (χ1n) is 9.00. The molecule has 5 heteroatoms. The first-order chi connectivity index (χ1) is 12.7. The lowest BCUT2D eigenvalue weighted by molar-refractivity contribution is 0.0962. The van der Waals surface area contributed by atoms with Crippen LogP contribution in [0.5, 0.6) is 0 Å². The van der Waals surface area contributed by atoms with Crippen molar-refractivity contribution >= 4 is 28.8 Å². The van der Waals surface area contributed by atoms with E-state index in [1.54, 1.807) is 11.3 Å². The molecule has 5 rings (SSSR count). The molecule has 3 heterocycles. The average molecular weight is 361 g/mol. The minimum absolute atomic E-state index is 0.176. The maximum atomic E-state index is 12.8. The van der Waals surface area contributed by atoms with E-state index in [0.717, 1.165) is 42.3 Å². The molecule has 0 N–H and O–H groups in total. The van der Waals surface area contributed by atoms with Crippen molar-refractivity contribution in [2.75, 3.05) is 11.4 Å². The van der Waals surface area contributed by atoms with E-state index in [1.807, 2.05) is 6.92 Å². The van der Waals surface area contributed by atoms with Crippen LogP contribution in [0, 0.1) is 6.92 Å². The van der Waals surface area contributed by atoms with Crippen LogP contribution in [0.2, 0.25) is 0 Å². The van der Waals surface area contributed by atoms with Crippen molar-refractivity contribution in [1.82, 2.24) is 9.97 Å². The lowest BCUT2D eigenvalue weighted by Gasteiger charge is -2.25. The van der Waals surface area contributed by atoms with E-state index in [1.165, 1.54) is 16.1 Å². The summed E-state index contributed by atoms with van der Waals surface area (Å²) in [7, 11) is 0. The van der Waals surface area contributed by atoms with Crippen molar-refractivity contribution in [2.24, 2.45) is 0 Å². The summed E-state index contributed by atoms with van der Waals surface area (Å²) < 4.78 is 0. The highest BCUT2D eigenvalue weighted by Crippen LogP contribution is 2.37. The first kappa shape index (κ1) is 15.7. The zero-order valence-corrected chi connectivity index (χ0v) is 15.4. The lowest BCUT2D eigenvalue weighted by atomic mass is 9.84. The van der Waals surface area contributed by atoms with Gasteiger partial charge in [-0.25, -0.2) is 9.97 Å². The van der Waals surface area contributed by atoms with Crippen molar-refractivity contribution < 1.29 is 4.79 Å². The molecule has 0 amide bonds. The van der Waals surface area contributed by atoms with Gasteiger partial charge in [0.25, 0.3) is 0 Å². The highest BCUT2D eigenvalue weighted by molar-refractivity contribution is 7.10. The molecular weight excluding hydrogens is 342 g/mol. The molecule has 1 aromatic carbocycles. The second kappa shape index (κ2) is 6.02. The standard InChI is InChI=1S/C21H19N3OS/c1-13-20-16(11-15(12-18(20)25)19-7-4-10-26-19)23-21(22-13)24-9-8-14-5-2-3-6-17(14)24/h2-7,10,15H,8-9,11-12H2,1H3/t15-/m1/s1. The number of ketones is 1. The Labute approximate surface area is 156 Å². The number of hydrogen-bond donors (Lipinski definition) is 0. The first-order valence-corrected chi connectivity index (χ1v) is 9.88. The van der Waals surface area contributed by atoms with Crippen LogP contribution in [0.25, 0.3) is 0 Å². The Hall–Kier alpha value is -2.53. The summed E-state index contributed by atoms with van der Waals surface area (Å²) in [5.41, 5.74) is 4.98. The van der Waals surface area contributed by atoms with E-state index in [9.17, 15) is 4.79 Å². The molecule has 0 bridgehead atoms. The minimum Gasteiger partial charge on any atom is -0.310 e. The molecule has 1 aliphatic carbocycles. The van der Waals surface area contributed by atoms with Crippen LogP contribution in [0.3, 0.4) is 0 Å². The second-order valence-electron chi connectivity index (χ2n) is 7.00. The summed E-state index contributed by atoms with van der Waals surface area (Å²) in [5, 5.41) is 2.08. The molecular formula is C21H19N3OS. The van der Waals surface area contributed by atoms with Gasteiger partial charge in [-0.3, -0.25) is 4.79 Å². The number of aromatic nitrogens is 2. The van der Waals surface area contributed by atoms with E-state index in [-0.39, 0.29) is 11.7 Å². The van der Waals surface area contributed by atoms with E-state index in [2.05, 4.69) is 46.7 Å². The van der Waals surface area contributed by atoms with Gasteiger partial charge in [-0.15, -0.1) is 11.3 Å². The predicted molar refractivity (Wildman–Crippen MR) is 104 cm³/mol. The van der Waals surface area contributed by atoms with Gasteiger partial charge in [0.1, 0.15) is 0 Å². The van der Waals surface area contributed by atoms with Gasteiger partial charge in [0.05, 0.1) is 17.0 Å². The molecule has 3 aromatic rings. The van der Waals surface area contributed by atoms with Crippen molar-refractivity contribution in [3.63, 3.8) is 0 Å². The molecule has 2 aromatic heterocycles. The fourth-order valence-corrected chi connectivity index (χ4v) is 4.98. The number of aryl methyl sites for hydroxylation is 1. The number of para-hydroxylation sites is 1. The Morgan fingerprint density at radius 2 is 2.00 bits per heavy atom. The highest BCUT2D eigenvalue weighted by Gasteiger charge is 2.32. The fourth-order valence-electron chi connectivity index (χ4n) is 4.15. The average Bonchev–Trinajstić information content (AvgIpc) is 3.31. The van der Waals surface area contributed by atoms with Crippen LogP contribution < -0.4 is 4.90 Å². The maximum absolute atomic E-state index is 12.8. The normalized spacial score (nSPS) is 18.7. The monoisotopic (exact) mass is 361 g/mol. The summed E-state index contributed by atoms with van der Waals surface area (Å²) >= 11 is 1.72. The molecule has 130 valence electrons. The molecule has 0 spiro atoms. The van der Waals surface area contributed by atoms with Gasteiger partial charge in [0, 0.05) is 29.4 Å². The maximum Gasteiger partial charge on any atom is 0.230 e. The molecule has 4 nitrogen and oxygen atoms in total. The van der Waals surface area contributed by atoms with E-state index in [4.69, 9.17) is 9.97 Å². The van der Waals surface area contributed by atoms with Crippen LogP contribution in [-0.4, -0.2) is 22.3 Å². The molecule has 0 saturated heterocycles. The second-order valence-corrected chi connectivity index (χ2v) is 7.98. The van der Waals surface area contributed by atoms with Crippen LogP contribution in [-0.2, 0) is 12.8 Å². The number of thiophene rings is 1. The Balaban J connectivity index is 1.56. The Kier molecular flexibility index (Phi) is 3.64. The summed E-state index contributed by atoms with van der Waals surface area (Å²) in [6.45, 7) is 2.83. The molecule has 0 unspecified atom stereocenters. The zero-order valence-electron chi connectivity index (χ0n) is 14.6. The van der Waals surface area contributed by atoms with E-state index < -0.39 is 0 Å². The number of rotatable bonds is 2. The molecule has 26 heavy (non-hydrogen) atoms. The van der Waals surface area contributed by atoms with Gasteiger partial charge in [0.15, 0.2) is 5.78 Å². The predicted octanol–water partition coefficient (Wildman–Crippen LogP) is 4.45. The summed E-state index contributed by atoms with van der Waals surface area (Å²) in [6.07, 6.45) is 2.38. The summed E-state index contributed by atoms with van der Waals surface area (Å²) in [5.74, 6) is 1.14. The van der Waals surface area contributed by atoms with Crippen LogP contribution >= 0.6 is 11.3 Å². The molecule has 2 aliphatic rings. The van der Waals surface area contributed by atoms with Gasteiger partial charge in [-0.2, -0.15) is 0 Å². The number of Topliss-reactive ketones (excluding diaryl/α,β-unsaturated/α-hetero) is 1. The van der Waals surface area contributed by atoms with Crippen molar-refractivity contribution in [3.8, 4) is 0 Å². The van der Waals surface area contributed by atoms with E-state index >= 15 is 0 Å². The van der Waals surface area contributed by atoms with Gasteiger partial charge in [0.2, 0.25) is 5.95 Å². The summed E-state index contributed by atoms with van der Waals surface area (Å²) in [4.78, 5) is 25.8. The SMILES string of the molecule is Cc1nc(N2CCc3ccccc32)nc2c1C(=O)C[C@H](c1cccs1)C2. The number of carbonyl (C=O) groups excluding carboxylic acids is 1. The molecule has 0 saturated carbocycles. The zero-order chi connectivity index (χ0) is 17.7. The van der Waals surface area contributed by atoms with Crippen molar-refractivity contribution in [3.05, 3.63) is 69.2 Å². The fraction of sp³-hybridized carbons (Fsp3) is 0.286. The lowest BCUT2D eigenvalue weighted by Crippen LogP contribution is -2.25. The number of anilines is 2. The summed E-state index contributed by atoms with van der Waals surface area (Å²) in [6, 6.07) is 12.6. The number of fused-ring (bicyclic) bond motifs is 2. The van der Waals surface area contributed by atoms with Crippen molar-refractivity contribution in [2.45, 2.75) is 32.1 Å². The largest absolute Gasteiger partial charge is 0.310 e. The van der Waals surface area contributed by atoms with Crippen molar-refractivity contribution in [1.29, 1.82) is 0 Å². The van der Waals surface area contributed by atoms with Gasteiger partial charge < -0.3 is 4.90 Å². The third-order valence-electron chi connectivity index (χ3n) is 5.38.